The Hall–Kier alpha value is -1.05. The van der Waals surface area contributed by atoms with Crippen LogP contribution in [0.3, 0.4) is 0 Å². The summed E-state index contributed by atoms with van der Waals surface area (Å²) in [6, 6.07) is 11.9. The first kappa shape index (κ1) is 11.4. The molecule has 0 amide bonds. The van der Waals surface area contributed by atoms with Crippen LogP contribution in [-0.2, 0) is 6.42 Å². The van der Waals surface area contributed by atoms with Gasteiger partial charge in [-0.05, 0) is 41.8 Å². The van der Waals surface area contributed by atoms with Crippen LogP contribution < -0.4 is 0 Å². The smallest absolute Gasteiger partial charge is 0.123 e. The predicted molar refractivity (Wildman–Crippen MR) is 65.7 cm³/mol. The highest BCUT2D eigenvalue weighted by Gasteiger charge is 2.01. The highest BCUT2D eigenvalue weighted by Crippen LogP contribution is 2.23. The van der Waals surface area contributed by atoms with Gasteiger partial charge in [-0.3, -0.25) is 0 Å². The average Bonchev–Trinajstić information content (AvgIpc) is 2.27. The zero-order valence-electron chi connectivity index (χ0n) is 8.38. The van der Waals surface area contributed by atoms with Gasteiger partial charge in [-0.1, -0.05) is 41.4 Å². The summed E-state index contributed by atoms with van der Waals surface area (Å²) in [5, 5.41) is 1.09. The zero-order chi connectivity index (χ0) is 11.5. The molecule has 0 bridgehead atoms. The molecule has 0 saturated carbocycles. The molecular weight excluding hydrogens is 246 g/mol. The third-order valence-corrected chi connectivity index (χ3v) is 3.04. The molecule has 16 heavy (non-hydrogen) atoms. The van der Waals surface area contributed by atoms with Gasteiger partial charge in [0.1, 0.15) is 5.82 Å². The van der Waals surface area contributed by atoms with E-state index in [0.29, 0.717) is 10.0 Å². The van der Waals surface area contributed by atoms with Gasteiger partial charge in [0.25, 0.3) is 0 Å². The summed E-state index contributed by atoms with van der Waals surface area (Å²) in [5.74, 6) is -0.224. The SMILES string of the molecule is Fc1ccc(Cc2ccc(Cl)c(Cl)c2)cc1. The Bertz CT molecular complexity index is 492. The quantitative estimate of drug-likeness (QED) is 0.728. The van der Waals surface area contributed by atoms with E-state index in [4.69, 9.17) is 23.2 Å². The van der Waals surface area contributed by atoms with Crippen LogP contribution in [0.15, 0.2) is 42.5 Å². The minimum Gasteiger partial charge on any atom is -0.207 e. The van der Waals surface area contributed by atoms with Crippen LogP contribution in [0.2, 0.25) is 10.0 Å². The lowest BCUT2D eigenvalue weighted by molar-refractivity contribution is 0.627. The van der Waals surface area contributed by atoms with Crippen molar-refractivity contribution in [2.75, 3.05) is 0 Å². The molecule has 0 saturated heterocycles. The van der Waals surface area contributed by atoms with Crippen molar-refractivity contribution in [2.24, 2.45) is 0 Å². The largest absolute Gasteiger partial charge is 0.207 e. The highest BCUT2D eigenvalue weighted by molar-refractivity contribution is 6.42. The molecular formula is C13H9Cl2F. The lowest BCUT2D eigenvalue weighted by Crippen LogP contribution is -1.88. The molecule has 0 aliphatic heterocycles. The van der Waals surface area contributed by atoms with E-state index in [2.05, 4.69) is 0 Å². The first-order valence-corrected chi connectivity index (χ1v) is 5.59. The van der Waals surface area contributed by atoms with Crippen LogP contribution in [0.1, 0.15) is 11.1 Å². The summed E-state index contributed by atoms with van der Waals surface area (Å²) < 4.78 is 12.7. The molecule has 0 N–H and O–H groups in total. The van der Waals surface area contributed by atoms with Gasteiger partial charge in [0.2, 0.25) is 0 Å². The van der Waals surface area contributed by atoms with Crippen molar-refractivity contribution in [3.8, 4) is 0 Å². The monoisotopic (exact) mass is 254 g/mol. The van der Waals surface area contributed by atoms with Gasteiger partial charge in [-0.2, -0.15) is 0 Å². The normalized spacial score (nSPS) is 10.4. The van der Waals surface area contributed by atoms with Gasteiger partial charge >= 0.3 is 0 Å². The Balaban J connectivity index is 2.20. The average molecular weight is 255 g/mol. The third-order valence-electron chi connectivity index (χ3n) is 2.31. The summed E-state index contributed by atoms with van der Waals surface area (Å²) in [6.07, 6.45) is 0.719. The molecule has 2 aromatic rings. The van der Waals surface area contributed by atoms with Crippen LogP contribution in [-0.4, -0.2) is 0 Å². The molecule has 0 heterocycles. The topological polar surface area (TPSA) is 0 Å². The van der Waals surface area contributed by atoms with Gasteiger partial charge in [-0.15, -0.1) is 0 Å². The van der Waals surface area contributed by atoms with Crippen LogP contribution in [0.5, 0.6) is 0 Å². The Morgan fingerprint density at radius 2 is 1.44 bits per heavy atom. The maximum Gasteiger partial charge on any atom is 0.123 e. The first-order chi connectivity index (χ1) is 7.65. The molecule has 0 spiro atoms. The van der Waals surface area contributed by atoms with E-state index in [1.165, 1.54) is 12.1 Å². The predicted octanol–water partition coefficient (Wildman–Crippen LogP) is 4.72. The van der Waals surface area contributed by atoms with Crippen molar-refractivity contribution in [1.82, 2.24) is 0 Å². The van der Waals surface area contributed by atoms with Crippen molar-refractivity contribution in [1.29, 1.82) is 0 Å². The standard InChI is InChI=1S/C13H9Cl2F/c14-12-6-3-10(8-13(12)15)7-9-1-4-11(16)5-2-9/h1-6,8H,7H2. The molecule has 0 aliphatic rings. The molecule has 0 nitrogen and oxygen atoms in total. The molecule has 0 unspecified atom stereocenters. The Morgan fingerprint density at radius 3 is 2.06 bits per heavy atom. The summed E-state index contributed by atoms with van der Waals surface area (Å²) in [7, 11) is 0. The number of rotatable bonds is 2. The van der Waals surface area contributed by atoms with Crippen molar-refractivity contribution in [2.45, 2.75) is 6.42 Å². The van der Waals surface area contributed by atoms with E-state index in [1.807, 2.05) is 12.1 Å². The second-order valence-corrected chi connectivity index (χ2v) is 4.37. The molecule has 3 heteroatoms. The first-order valence-electron chi connectivity index (χ1n) is 4.83. The van der Waals surface area contributed by atoms with Crippen molar-refractivity contribution >= 4 is 23.2 Å². The minimum atomic E-state index is -0.224. The van der Waals surface area contributed by atoms with Gasteiger partial charge in [0, 0.05) is 0 Å². The lowest BCUT2D eigenvalue weighted by atomic mass is 10.1. The van der Waals surface area contributed by atoms with E-state index in [1.54, 1.807) is 18.2 Å². The summed E-state index contributed by atoms with van der Waals surface area (Å²) in [6.45, 7) is 0. The highest BCUT2D eigenvalue weighted by atomic mass is 35.5. The zero-order valence-corrected chi connectivity index (χ0v) is 9.89. The molecule has 0 aliphatic carbocycles. The van der Waals surface area contributed by atoms with Gasteiger partial charge in [0.15, 0.2) is 0 Å². The van der Waals surface area contributed by atoms with Gasteiger partial charge in [-0.25, -0.2) is 4.39 Å². The Kier molecular flexibility index (Phi) is 3.47. The van der Waals surface area contributed by atoms with E-state index in [0.717, 1.165) is 17.5 Å². The Morgan fingerprint density at radius 1 is 0.812 bits per heavy atom. The second-order valence-electron chi connectivity index (χ2n) is 3.55. The maximum absolute atomic E-state index is 12.7. The number of hydrogen-bond acceptors (Lipinski definition) is 0. The fourth-order valence-electron chi connectivity index (χ4n) is 1.49. The van der Waals surface area contributed by atoms with Crippen LogP contribution in [0, 0.1) is 5.82 Å². The summed E-state index contributed by atoms with van der Waals surface area (Å²) >= 11 is 11.7. The summed E-state index contributed by atoms with van der Waals surface area (Å²) in [4.78, 5) is 0. The maximum atomic E-state index is 12.7. The van der Waals surface area contributed by atoms with Gasteiger partial charge in [0.05, 0.1) is 10.0 Å². The second kappa shape index (κ2) is 4.86. The lowest BCUT2D eigenvalue weighted by Gasteiger charge is -2.03. The van der Waals surface area contributed by atoms with E-state index in [9.17, 15) is 4.39 Å². The number of benzene rings is 2. The van der Waals surface area contributed by atoms with Crippen LogP contribution in [0.4, 0.5) is 4.39 Å². The molecule has 0 fully saturated rings. The number of hydrogen-bond donors (Lipinski definition) is 0. The van der Waals surface area contributed by atoms with E-state index < -0.39 is 0 Å². The minimum absolute atomic E-state index is 0.224. The molecule has 0 radical (unpaired) electrons. The molecule has 82 valence electrons. The molecule has 2 aromatic carbocycles. The van der Waals surface area contributed by atoms with E-state index >= 15 is 0 Å². The van der Waals surface area contributed by atoms with Gasteiger partial charge < -0.3 is 0 Å². The van der Waals surface area contributed by atoms with Crippen molar-refractivity contribution < 1.29 is 4.39 Å². The van der Waals surface area contributed by atoms with Crippen molar-refractivity contribution in [3.63, 3.8) is 0 Å². The van der Waals surface area contributed by atoms with E-state index in [-0.39, 0.29) is 5.82 Å². The third kappa shape index (κ3) is 2.75. The van der Waals surface area contributed by atoms with Crippen LogP contribution >= 0.6 is 23.2 Å². The molecule has 0 aromatic heterocycles. The fourth-order valence-corrected chi connectivity index (χ4v) is 1.81. The number of halogens is 3. The van der Waals surface area contributed by atoms with Crippen LogP contribution in [0.25, 0.3) is 0 Å². The summed E-state index contributed by atoms with van der Waals surface area (Å²) in [5.41, 5.74) is 2.10. The van der Waals surface area contributed by atoms with Crippen molar-refractivity contribution in [3.05, 3.63) is 69.5 Å². The Labute approximate surface area is 104 Å². The molecule has 0 atom stereocenters. The molecule has 2 rings (SSSR count). The fraction of sp³-hybridized carbons (Fsp3) is 0.0769.